The van der Waals surface area contributed by atoms with Crippen LogP contribution in [-0.4, -0.2) is 11.8 Å². The molecular formula is C23H23FN2O2S. The molecule has 0 saturated carbocycles. The maximum Gasteiger partial charge on any atom is 0.255 e. The van der Waals surface area contributed by atoms with E-state index < -0.39 is 17.8 Å². The Hall–Kier alpha value is -2.99. The topological polar surface area (TPSA) is 58.2 Å². The maximum atomic E-state index is 14.3. The molecule has 6 heteroatoms. The minimum absolute atomic E-state index is 0.114. The maximum absolute atomic E-state index is 14.3. The number of carbonyl (C=O) groups excluding carboxylic acids is 2. The summed E-state index contributed by atoms with van der Waals surface area (Å²) in [5.74, 6) is -1.06. The number of benzene rings is 2. The smallest absolute Gasteiger partial charge is 0.255 e. The first-order valence-corrected chi connectivity index (χ1v) is 10.2. The van der Waals surface area contributed by atoms with Gasteiger partial charge >= 0.3 is 0 Å². The number of thiophene rings is 1. The van der Waals surface area contributed by atoms with Crippen molar-refractivity contribution in [3.63, 3.8) is 0 Å². The van der Waals surface area contributed by atoms with Gasteiger partial charge in [-0.15, -0.1) is 11.3 Å². The van der Waals surface area contributed by atoms with Gasteiger partial charge in [-0.3, -0.25) is 9.59 Å². The van der Waals surface area contributed by atoms with Crippen LogP contribution in [0.4, 0.5) is 10.1 Å². The summed E-state index contributed by atoms with van der Waals surface area (Å²) >= 11 is 1.52. The van der Waals surface area contributed by atoms with E-state index in [1.54, 1.807) is 0 Å². The van der Waals surface area contributed by atoms with E-state index >= 15 is 0 Å². The normalized spacial score (nSPS) is 11.9. The van der Waals surface area contributed by atoms with Crippen molar-refractivity contribution in [1.29, 1.82) is 0 Å². The van der Waals surface area contributed by atoms with Crippen molar-refractivity contribution in [2.24, 2.45) is 0 Å². The fourth-order valence-electron chi connectivity index (χ4n) is 3.04. The van der Waals surface area contributed by atoms with Crippen molar-refractivity contribution in [2.45, 2.75) is 32.7 Å². The number of halogens is 1. The first-order valence-electron chi connectivity index (χ1n) is 9.36. The fraction of sp³-hybridized carbons (Fsp3) is 0.217. The molecule has 0 aliphatic rings. The second-order valence-corrected chi connectivity index (χ2v) is 8.10. The zero-order valence-corrected chi connectivity index (χ0v) is 17.3. The van der Waals surface area contributed by atoms with Crippen molar-refractivity contribution in [3.8, 4) is 0 Å². The molecule has 0 fully saturated rings. The molecule has 0 radical (unpaired) electrons. The first kappa shape index (κ1) is 20.7. The Kier molecular flexibility index (Phi) is 6.44. The number of nitrogens with one attached hydrogen (secondary N) is 2. The lowest BCUT2D eigenvalue weighted by Gasteiger charge is -2.19. The molecule has 4 nitrogen and oxygen atoms in total. The summed E-state index contributed by atoms with van der Waals surface area (Å²) in [6, 6.07) is 15.5. The summed E-state index contributed by atoms with van der Waals surface area (Å²) in [5.41, 5.74) is 2.39. The van der Waals surface area contributed by atoms with E-state index in [1.165, 1.54) is 42.0 Å². The highest BCUT2D eigenvalue weighted by atomic mass is 32.1. The summed E-state index contributed by atoms with van der Waals surface area (Å²) in [5, 5.41) is 7.45. The molecule has 1 heterocycles. The Morgan fingerprint density at radius 2 is 1.69 bits per heavy atom. The standard InChI is InChI=1S/C23H23FN2O2S/c1-14(2)16-6-8-17(9-7-16)22(21-5-4-12-29-21)26-23(28)19-13-18(25-15(3)27)10-11-20(19)24/h4-14,22H,1-3H3,(H,25,27)(H,26,28). The second-order valence-electron chi connectivity index (χ2n) is 7.12. The molecule has 29 heavy (non-hydrogen) atoms. The van der Waals surface area contributed by atoms with Gasteiger partial charge in [-0.1, -0.05) is 44.2 Å². The van der Waals surface area contributed by atoms with E-state index in [-0.39, 0.29) is 11.5 Å². The van der Waals surface area contributed by atoms with Gasteiger partial charge in [0.1, 0.15) is 5.82 Å². The van der Waals surface area contributed by atoms with Crippen LogP contribution < -0.4 is 10.6 Å². The monoisotopic (exact) mass is 410 g/mol. The summed E-state index contributed by atoms with van der Waals surface area (Å²) < 4.78 is 14.3. The van der Waals surface area contributed by atoms with Gasteiger partial charge in [0.2, 0.25) is 5.91 Å². The molecule has 2 N–H and O–H groups in total. The fourth-order valence-corrected chi connectivity index (χ4v) is 3.84. The number of hydrogen-bond donors (Lipinski definition) is 2. The average molecular weight is 411 g/mol. The predicted octanol–water partition coefficient (Wildman–Crippen LogP) is 5.49. The van der Waals surface area contributed by atoms with Gasteiger partial charge in [-0.2, -0.15) is 0 Å². The third-order valence-electron chi connectivity index (χ3n) is 4.57. The van der Waals surface area contributed by atoms with Gasteiger partial charge < -0.3 is 10.6 Å². The summed E-state index contributed by atoms with van der Waals surface area (Å²) in [4.78, 5) is 25.1. The van der Waals surface area contributed by atoms with E-state index in [4.69, 9.17) is 0 Å². The number of carbonyl (C=O) groups is 2. The molecule has 1 aromatic heterocycles. The number of rotatable bonds is 6. The lowest BCUT2D eigenvalue weighted by molar-refractivity contribution is -0.114. The van der Waals surface area contributed by atoms with Gasteiger partial charge in [0.05, 0.1) is 11.6 Å². The van der Waals surface area contributed by atoms with Gasteiger partial charge in [-0.05, 0) is 46.7 Å². The summed E-state index contributed by atoms with van der Waals surface area (Å²) in [6.07, 6.45) is 0. The Balaban J connectivity index is 1.91. The minimum Gasteiger partial charge on any atom is -0.340 e. The zero-order valence-electron chi connectivity index (χ0n) is 16.5. The molecule has 2 amide bonds. The van der Waals surface area contributed by atoms with Crippen molar-refractivity contribution in [3.05, 3.63) is 87.4 Å². The second kappa shape index (κ2) is 9.01. The van der Waals surface area contributed by atoms with Crippen LogP contribution in [0.25, 0.3) is 0 Å². The molecule has 0 spiro atoms. The predicted molar refractivity (Wildman–Crippen MR) is 115 cm³/mol. The summed E-state index contributed by atoms with van der Waals surface area (Å²) in [7, 11) is 0. The van der Waals surface area contributed by atoms with E-state index in [2.05, 4.69) is 24.5 Å². The molecule has 2 aromatic carbocycles. The van der Waals surface area contributed by atoms with Crippen molar-refractivity contribution >= 4 is 28.8 Å². The highest BCUT2D eigenvalue weighted by Gasteiger charge is 2.21. The van der Waals surface area contributed by atoms with E-state index in [0.717, 1.165) is 10.4 Å². The van der Waals surface area contributed by atoms with Crippen LogP contribution in [0.1, 0.15) is 59.1 Å². The lowest BCUT2D eigenvalue weighted by atomic mass is 9.98. The van der Waals surface area contributed by atoms with E-state index in [1.807, 2.05) is 41.8 Å². The first-order chi connectivity index (χ1) is 13.8. The van der Waals surface area contributed by atoms with E-state index in [9.17, 15) is 14.0 Å². The zero-order chi connectivity index (χ0) is 21.0. The third kappa shape index (κ3) is 5.09. The minimum atomic E-state index is -0.642. The van der Waals surface area contributed by atoms with Crippen LogP contribution in [0, 0.1) is 5.82 Å². The molecule has 150 valence electrons. The highest BCUT2D eigenvalue weighted by molar-refractivity contribution is 7.10. The molecule has 3 aromatic rings. The molecule has 1 atom stereocenters. The van der Waals surface area contributed by atoms with Crippen LogP contribution in [0.5, 0.6) is 0 Å². The number of anilines is 1. The molecular weight excluding hydrogens is 387 g/mol. The molecule has 0 aliphatic heterocycles. The Morgan fingerprint density at radius 3 is 2.28 bits per heavy atom. The van der Waals surface area contributed by atoms with E-state index in [0.29, 0.717) is 11.6 Å². The quantitative estimate of drug-likeness (QED) is 0.565. The van der Waals surface area contributed by atoms with Crippen LogP contribution in [-0.2, 0) is 4.79 Å². The molecule has 3 rings (SSSR count). The van der Waals surface area contributed by atoms with Crippen LogP contribution >= 0.6 is 11.3 Å². The lowest BCUT2D eigenvalue weighted by Crippen LogP contribution is -2.29. The highest BCUT2D eigenvalue weighted by Crippen LogP contribution is 2.28. The third-order valence-corrected chi connectivity index (χ3v) is 5.51. The van der Waals surface area contributed by atoms with Crippen LogP contribution in [0.3, 0.4) is 0 Å². The largest absolute Gasteiger partial charge is 0.340 e. The Labute approximate surface area is 173 Å². The molecule has 1 unspecified atom stereocenters. The van der Waals surface area contributed by atoms with Crippen LogP contribution in [0.2, 0.25) is 0 Å². The van der Waals surface area contributed by atoms with Crippen LogP contribution in [0.15, 0.2) is 60.0 Å². The SMILES string of the molecule is CC(=O)Nc1ccc(F)c(C(=O)NC(c2ccc(C(C)C)cc2)c2cccs2)c1. The average Bonchev–Trinajstić information content (AvgIpc) is 3.21. The van der Waals surface area contributed by atoms with Gasteiger partial charge in [-0.25, -0.2) is 4.39 Å². The van der Waals surface area contributed by atoms with Crippen molar-refractivity contribution in [1.82, 2.24) is 5.32 Å². The molecule has 0 saturated heterocycles. The van der Waals surface area contributed by atoms with Gasteiger partial charge in [0.15, 0.2) is 0 Å². The summed E-state index contributed by atoms with van der Waals surface area (Å²) in [6.45, 7) is 5.60. The van der Waals surface area contributed by atoms with Gasteiger partial charge in [0, 0.05) is 17.5 Å². The van der Waals surface area contributed by atoms with Crippen molar-refractivity contribution in [2.75, 3.05) is 5.32 Å². The molecule has 0 aliphatic carbocycles. The van der Waals surface area contributed by atoms with Gasteiger partial charge in [0.25, 0.3) is 5.91 Å². The Bertz CT molecular complexity index is 998. The molecule has 0 bridgehead atoms. The Morgan fingerprint density at radius 1 is 1.00 bits per heavy atom. The van der Waals surface area contributed by atoms with Crippen molar-refractivity contribution < 1.29 is 14.0 Å². The number of hydrogen-bond acceptors (Lipinski definition) is 3. The number of amides is 2.